The van der Waals surface area contributed by atoms with Gasteiger partial charge >= 0.3 is 0 Å². The van der Waals surface area contributed by atoms with Crippen LogP contribution >= 0.6 is 38.5 Å². The van der Waals surface area contributed by atoms with Crippen molar-refractivity contribution in [3.63, 3.8) is 0 Å². The second-order valence-electron chi connectivity index (χ2n) is 4.07. The molecule has 2 aromatic carbocycles. The highest BCUT2D eigenvalue weighted by molar-refractivity contribution is 14.1. The first-order chi connectivity index (χ1) is 8.56. The van der Waals surface area contributed by atoms with Crippen molar-refractivity contribution in [2.75, 3.05) is 5.32 Å². The highest BCUT2D eigenvalue weighted by Crippen LogP contribution is 2.20. The molecular formula is C14H12BrFIN. The molecule has 0 atom stereocenters. The molecule has 0 fully saturated rings. The first-order valence-electron chi connectivity index (χ1n) is 5.50. The zero-order chi connectivity index (χ0) is 13.1. The van der Waals surface area contributed by atoms with Crippen molar-refractivity contribution in [1.29, 1.82) is 0 Å². The summed E-state index contributed by atoms with van der Waals surface area (Å²) in [5.41, 5.74) is 3.38. The average Bonchev–Trinajstić information content (AvgIpc) is 2.35. The van der Waals surface area contributed by atoms with Crippen LogP contribution in [0.15, 0.2) is 40.9 Å². The third-order valence-electron chi connectivity index (χ3n) is 2.65. The first-order valence-corrected chi connectivity index (χ1v) is 7.37. The molecule has 4 heteroatoms. The maximum absolute atomic E-state index is 13.1. The minimum absolute atomic E-state index is 0.233. The predicted molar refractivity (Wildman–Crippen MR) is 85.3 cm³/mol. The molecular weight excluding hydrogens is 408 g/mol. The van der Waals surface area contributed by atoms with Crippen LogP contribution in [0, 0.1) is 16.3 Å². The third kappa shape index (κ3) is 3.45. The molecule has 0 aliphatic rings. The highest BCUT2D eigenvalue weighted by atomic mass is 127. The van der Waals surface area contributed by atoms with E-state index in [1.54, 1.807) is 12.1 Å². The van der Waals surface area contributed by atoms with Crippen molar-refractivity contribution in [3.05, 3.63) is 61.4 Å². The van der Waals surface area contributed by atoms with Gasteiger partial charge in [0, 0.05) is 15.8 Å². The molecule has 0 heterocycles. The number of nitrogens with one attached hydrogen (secondary N) is 1. The van der Waals surface area contributed by atoms with E-state index in [0.717, 1.165) is 11.3 Å². The number of hydrogen-bond donors (Lipinski definition) is 1. The summed E-state index contributed by atoms with van der Waals surface area (Å²) in [4.78, 5) is 0. The van der Waals surface area contributed by atoms with E-state index >= 15 is 0 Å². The Kier molecular flexibility index (Phi) is 4.61. The van der Waals surface area contributed by atoms with Gasteiger partial charge in [0.1, 0.15) is 5.82 Å². The van der Waals surface area contributed by atoms with Gasteiger partial charge in [0.2, 0.25) is 0 Å². The Labute approximate surface area is 128 Å². The van der Waals surface area contributed by atoms with E-state index < -0.39 is 0 Å². The van der Waals surface area contributed by atoms with Crippen LogP contribution in [0.25, 0.3) is 0 Å². The van der Waals surface area contributed by atoms with Gasteiger partial charge in [-0.05, 0) is 80.8 Å². The molecule has 0 amide bonds. The van der Waals surface area contributed by atoms with Gasteiger partial charge in [-0.2, -0.15) is 0 Å². The van der Waals surface area contributed by atoms with Gasteiger partial charge in [-0.3, -0.25) is 0 Å². The Hall–Kier alpha value is -0.620. The van der Waals surface area contributed by atoms with Gasteiger partial charge in [-0.25, -0.2) is 4.39 Å². The van der Waals surface area contributed by atoms with E-state index in [-0.39, 0.29) is 5.82 Å². The minimum atomic E-state index is -0.233. The minimum Gasteiger partial charge on any atom is -0.381 e. The molecule has 2 aromatic rings. The van der Waals surface area contributed by atoms with Crippen molar-refractivity contribution in [2.45, 2.75) is 13.5 Å². The van der Waals surface area contributed by atoms with Crippen molar-refractivity contribution < 1.29 is 4.39 Å². The van der Waals surface area contributed by atoms with Gasteiger partial charge in [-0.15, -0.1) is 0 Å². The fourth-order valence-electron chi connectivity index (χ4n) is 1.56. The van der Waals surface area contributed by atoms with Crippen LogP contribution in [-0.2, 0) is 6.54 Å². The molecule has 1 nitrogen and oxygen atoms in total. The number of hydrogen-bond acceptors (Lipinski definition) is 1. The smallest absolute Gasteiger partial charge is 0.137 e. The summed E-state index contributed by atoms with van der Waals surface area (Å²) >= 11 is 5.51. The van der Waals surface area contributed by atoms with E-state index in [1.807, 2.05) is 0 Å². The fourth-order valence-corrected chi connectivity index (χ4v) is 2.50. The van der Waals surface area contributed by atoms with Gasteiger partial charge in [0.05, 0.1) is 4.47 Å². The summed E-state index contributed by atoms with van der Waals surface area (Å²) in [6.07, 6.45) is 0. The van der Waals surface area contributed by atoms with E-state index in [9.17, 15) is 4.39 Å². The van der Waals surface area contributed by atoms with Gasteiger partial charge in [-0.1, -0.05) is 12.1 Å². The summed E-state index contributed by atoms with van der Waals surface area (Å²) < 4.78 is 14.8. The molecule has 0 saturated carbocycles. The van der Waals surface area contributed by atoms with Gasteiger partial charge in [0.15, 0.2) is 0 Å². The number of aryl methyl sites for hydroxylation is 1. The maximum Gasteiger partial charge on any atom is 0.137 e. The number of benzene rings is 2. The van der Waals surface area contributed by atoms with E-state index in [2.05, 4.69) is 69.0 Å². The molecule has 0 aromatic heterocycles. The summed E-state index contributed by atoms with van der Waals surface area (Å²) in [5.74, 6) is -0.233. The Morgan fingerprint density at radius 1 is 1.22 bits per heavy atom. The maximum atomic E-state index is 13.1. The van der Waals surface area contributed by atoms with Crippen LogP contribution in [0.4, 0.5) is 10.1 Å². The molecule has 1 N–H and O–H groups in total. The van der Waals surface area contributed by atoms with Crippen molar-refractivity contribution in [1.82, 2.24) is 0 Å². The largest absolute Gasteiger partial charge is 0.381 e. The molecule has 0 aliphatic carbocycles. The Bertz CT molecular complexity index is 520. The molecule has 2 rings (SSSR count). The van der Waals surface area contributed by atoms with Crippen molar-refractivity contribution >= 4 is 44.2 Å². The second-order valence-corrected chi connectivity index (χ2v) is 6.08. The normalized spacial score (nSPS) is 10.4. The van der Waals surface area contributed by atoms with Gasteiger partial charge < -0.3 is 5.32 Å². The lowest BCUT2D eigenvalue weighted by molar-refractivity contribution is 0.620. The van der Waals surface area contributed by atoms with Crippen molar-refractivity contribution in [3.8, 4) is 0 Å². The number of rotatable bonds is 3. The van der Waals surface area contributed by atoms with E-state index in [4.69, 9.17) is 0 Å². The first kappa shape index (κ1) is 13.8. The molecule has 0 unspecified atom stereocenters. The quantitative estimate of drug-likeness (QED) is 0.681. The molecule has 0 spiro atoms. The molecule has 94 valence electrons. The lowest BCUT2D eigenvalue weighted by Crippen LogP contribution is -2.00. The topological polar surface area (TPSA) is 12.0 Å². The van der Waals surface area contributed by atoms with Crippen molar-refractivity contribution in [2.24, 2.45) is 0 Å². The molecule has 0 aliphatic heterocycles. The Balaban J connectivity index is 2.06. The summed E-state index contributed by atoms with van der Waals surface area (Å²) in [5, 5.41) is 3.33. The van der Waals surface area contributed by atoms with Crippen LogP contribution in [-0.4, -0.2) is 0 Å². The van der Waals surface area contributed by atoms with Crippen LogP contribution in [0.5, 0.6) is 0 Å². The molecule has 0 saturated heterocycles. The average molecular weight is 420 g/mol. The lowest BCUT2D eigenvalue weighted by atomic mass is 10.2. The Morgan fingerprint density at radius 3 is 2.67 bits per heavy atom. The summed E-state index contributed by atoms with van der Waals surface area (Å²) in [6.45, 7) is 2.76. The van der Waals surface area contributed by atoms with Gasteiger partial charge in [0.25, 0.3) is 0 Å². The molecule has 18 heavy (non-hydrogen) atoms. The fraction of sp³-hybridized carbons (Fsp3) is 0.143. The number of halogens is 3. The SMILES string of the molecule is Cc1ccc(NCc2ccc(F)c(Br)c2)cc1I. The summed E-state index contributed by atoms with van der Waals surface area (Å²) in [7, 11) is 0. The standard InChI is InChI=1S/C14H12BrFIN/c1-9-2-4-11(7-14(9)17)18-8-10-3-5-13(16)12(15)6-10/h2-7,18H,8H2,1H3. The third-order valence-corrected chi connectivity index (χ3v) is 4.42. The number of anilines is 1. The van der Waals surface area contributed by atoms with Crippen LogP contribution in [0.2, 0.25) is 0 Å². The van der Waals surface area contributed by atoms with E-state index in [1.165, 1.54) is 15.2 Å². The second kappa shape index (κ2) is 6.02. The Morgan fingerprint density at radius 2 is 2.00 bits per heavy atom. The van der Waals surface area contributed by atoms with E-state index in [0.29, 0.717) is 11.0 Å². The summed E-state index contributed by atoms with van der Waals surface area (Å²) in [6, 6.07) is 11.3. The van der Waals surface area contributed by atoms with Crippen LogP contribution in [0.3, 0.4) is 0 Å². The predicted octanol–water partition coefficient (Wildman–Crippen LogP) is 5.11. The molecule has 0 radical (unpaired) electrons. The molecule has 0 bridgehead atoms. The van der Waals surface area contributed by atoms with Crippen LogP contribution in [0.1, 0.15) is 11.1 Å². The monoisotopic (exact) mass is 419 g/mol. The highest BCUT2D eigenvalue weighted by Gasteiger charge is 2.01. The zero-order valence-electron chi connectivity index (χ0n) is 9.81. The zero-order valence-corrected chi connectivity index (χ0v) is 13.5. The van der Waals surface area contributed by atoms with Crippen LogP contribution < -0.4 is 5.32 Å². The lowest BCUT2D eigenvalue weighted by Gasteiger charge is -2.08.